The van der Waals surface area contributed by atoms with Crippen molar-refractivity contribution >= 4 is 98.2 Å². The fourth-order valence-corrected chi connectivity index (χ4v) is 9.81. The monoisotopic (exact) mass is 840 g/mol. The molecule has 0 bridgehead atoms. The maximum atomic E-state index is 12.8. The fourth-order valence-electron chi connectivity index (χ4n) is 7.24. The highest BCUT2D eigenvalue weighted by atomic mass is 32.1. The summed E-state index contributed by atoms with van der Waals surface area (Å²) < 4.78 is 0. The molecule has 4 aliphatic rings. The van der Waals surface area contributed by atoms with Crippen molar-refractivity contribution in [3.63, 3.8) is 0 Å². The number of carbonyl (C=O) groups is 6. The summed E-state index contributed by atoms with van der Waals surface area (Å²) in [6.45, 7) is 3.41. The van der Waals surface area contributed by atoms with Crippen LogP contribution in [0.5, 0.6) is 0 Å². The van der Waals surface area contributed by atoms with Crippen LogP contribution in [-0.4, -0.2) is 67.3 Å². The largest absolute Gasteiger partial charge is 0.358 e. The number of thiophene rings is 2. The Balaban J connectivity index is 0.000000174. The van der Waals surface area contributed by atoms with Gasteiger partial charge in [-0.25, -0.2) is 0 Å². The first-order valence-corrected chi connectivity index (χ1v) is 21.1. The predicted molar refractivity (Wildman–Crippen MR) is 226 cm³/mol. The van der Waals surface area contributed by atoms with Crippen molar-refractivity contribution < 1.29 is 28.8 Å². The van der Waals surface area contributed by atoms with Crippen LogP contribution in [0.25, 0.3) is 0 Å². The Bertz CT molecular complexity index is 2270. The second-order valence-electron chi connectivity index (χ2n) is 14.3. The van der Waals surface area contributed by atoms with E-state index in [4.69, 9.17) is 24.4 Å². The highest BCUT2D eigenvalue weighted by Crippen LogP contribution is 2.35. The van der Waals surface area contributed by atoms with E-state index in [2.05, 4.69) is 52.5 Å². The summed E-state index contributed by atoms with van der Waals surface area (Å²) in [7, 11) is 0. The molecule has 4 N–H and O–H groups in total. The van der Waals surface area contributed by atoms with Crippen LogP contribution in [0.4, 0.5) is 5.69 Å². The molecule has 0 saturated carbocycles. The smallest absolute Gasteiger partial charge is 0.265 e. The highest BCUT2D eigenvalue weighted by molar-refractivity contribution is 7.80. The molecule has 2 aromatic heterocycles. The molecule has 2 aromatic carbocycles. The van der Waals surface area contributed by atoms with Crippen molar-refractivity contribution in [1.82, 2.24) is 25.8 Å². The lowest BCUT2D eigenvalue weighted by Crippen LogP contribution is -2.52. The lowest BCUT2D eigenvalue weighted by atomic mass is 10.0. The number of nitrogens with zero attached hydrogens (tertiary/aromatic N) is 2. The summed E-state index contributed by atoms with van der Waals surface area (Å²) in [6, 6.07) is 18.9. The molecule has 4 aliphatic heterocycles. The van der Waals surface area contributed by atoms with Crippen molar-refractivity contribution in [2.45, 2.75) is 83.6 Å². The van der Waals surface area contributed by atoms with Crippen LogP contribution in [0.1, 0.15) is 84.1 Å². The first-order valence-electron chi connectivity index (χ1n) is 18.6. The number of imide groups is 2. The van der Waals surface area contributed by atoms with E-state index in [-0.39, 0.29) is 48.3 Å². The highest BCUT2D eigenvalue weighted by Gasteiger charge is 2.41. The van der Waals surface area contributed by atoms with Crippen molar-refractivity contribution in [3.05, 3.63) is 108 Å². The molecule has 8 rings (SSSR count). The molecule has 16 heteroatoms. The summed E-state index contributed by atoms with van der Waals surface area (Å²) in [4.78, 5) is 79.4. The van der Waals surface area contributed by atoms with Gasteiger partial charge in [-0.15, -0.1) is 22.7 Å². The van der Waals surface area contributed by atoms with E-state index in [1.165, 1.54) is 22.5 Å². The minimum atomic E-state index is -0.575. The summed E-state index contributed by atoms with van der Waals surface area (Å²) in [5.74, 6) is -1.57. The number of carbonyl (C=O) groups excluding carboxylic acids is 6. The number of hydrogen-bond acceptors (Lipinski definition) is 10. The number of aryl methyl sites for hydroxylation is 2. The SMILES string of the molecule is Cc1ccc(CC(=S)CCc2scc3c2CN(C2CCC(=O)NC2=O)C3=O)cc1.O=C1CCC(N2Cc3cc(CNC(=S)Nc4ccccc4)sc3C2=O)C(=O)N1. The number of benzene rings is 2. The Hall–Kier alpha value is -5.16. The van der Waals surface area contributed by atoms with E-state index in [0.717, 1.165) is 50.7 Å². The molecule has 0 spiro atoms. The lowest BCUT2D eigenvalue weighted by Gasteiger charge is -2.29. The van der Waals surface area contributed by atoms with Gasteiger partial charge < -0.3 is 20.4 Å². The van der Waals surface area contributed by atoms with Gasteiger partial charge in [0.1, 0.15) is 12.1 Å². The molecule has 57 heavy (non-hydrogen) atoms. The first-order chi connectivity index (χ1) is 27.4. The van der Waals surface area contributed by atoms with E-state index in [1.54, 1.807) is 21.1 Å². The number of fused-ring (bicyclic) bond motifs is 2. The third kappa shape index (κ3) is 9.36. The van der Waals surface area contributed by atoms with Crippen molar-refractivity contribution in [2.75, 3.05) is 5.32 Å². The maximum absolute atomic E-state index is 12.8. The molecule has 4 aromatic rings. The first kappa shape index (κ1) is 40.1. The maximum Gasteiger partial charge on any atom is 0.265 e. The molecule has 0 aliphatic carbocycles. The van der Waals surface area contributed by atoms with Gasteiger partial charge in [0, 0.05) is 53.2 Å². The van der Waals surface area contributed by atoms with Crippen LogP contribution in [0, 0.1) is 6.92 Å². The van der Waals surface area contributed by atoms with Crippen molar-refractivity contribution in [2.24, 2.45) is 0 Å². The number of nitrogens with one attached hydrogen (secondary N) is 4. The molecule has 6 amide bonds. The Morgan fingerprint density at radius 2 is 1.49 bits per heavy atom. The summed E-state index contributed by atoms with van der Waals surface area (Å²) >= 11 is 13.9. The third-order valence-electron chi connectivity index (χ3n) is 10.2. The second kappa shape index (κ2) is 17.5. The molecular weight excluding hydrogens is 801 g/mol. The zero-order valence-electron chi connectivity index (χ0n) is 31.1. The lowest BCUT2D eigenvalue weighted by molar-refractivity contribution is -0.138. The van der Waals surface area contributed by atoms with Crippen LogP contribution < -0.4 is 21.3 Å². The number of anilines is 1. The molecule has 2 atom stereocenters. The second-order valence-corrected chi connectivity index (χ2v) is 17.4. The molecule has 294 valence electrons. The van der Waals surface area contributed by atoms with Gasteiger partial charge in [-0.3, -0.25) is 39.4 Å². The third-order valence-corrected chi connectivity index (χ3v) is 13.1. The minimum Gasteiger partial charge on any atom is -0.358 e. The van der Waals surface area contributed by atoms with E-state index < -0.39 is 12.1 Å². The quantitative estimate of drug-likeness (QED) is 0.121. The zero-order valence-corrected chi connectivity index (χ0v) is 34.3. The van der Waals surface area contributed by atoms with Crippen LogP contribution in [0.2, 0.25) is 0 Å². The summed E-state index contributed by atoms with van der Waals surface area (Å²) in [5, 5.41) is 13.3. The van der Waals surface area contributed by atoms with Gasteiger partial charge in [0.05, 0.1) is 17.0 Å². The Morgan fingerprint density at radius 3 is 2.12 bits per heavy atom. The van der Waals surface area contributed by atoms with Gasteiger partial charge in [0.15, 0.2) is 5.11 Å². The van der Waals surface area contributed by atoms with Gasteiger partial charge >= 0.3 is 0 Å². The molecule has 2 fully saturated rings. The molecule has 2 unspecified atom stereocenters. The molecule has 12 nitrogen and oxygen atoms in total. The predicted octanol–water partition coefficient (Wildman–Crippen LogP) is 5.36. The van der Waals surface area contributed by atoms with Crippen molar-refractivity contribution in [3.8, 4) is 0 Å². The number of amides is 6. The van der Waals surface area contributed by atoms with Gasteiger partial charge in [-0.05, 0) is 84.6 Å². The van der Waals surface area contributed by atoms with Crippen LogP contribution in [-0.2, 0) is 51.7 Å². The minimum absolute atomic E-state index is 0.112. The average molecular weight is 841 g/mol. The van der Waals surface area contributed by atoms with Gasteiger partial charge in [0.25, 0.3) is 11.8 Å². The van der Waals surface area contributed by atoms with Gasteiger partial charge in [-0.1, -0.05) is 60.2 Å². The molecule has 2 saturated heterocycles. The van der Waals surface area contributed by atoms with Crippen molar-refractivity contribution in [1.29, 1.82) is 0 Å². The van der Waals surface area contributed by atoms with E-state index in [9.17, 15) is 28.8 Å². The van der Waals surface area contributed by atoms with Gasteiger partial charge in [0.2, 0.25) is 23.6 Å². The van der Waals surface area contributed by atoms with Crippen LogP contribution in [0.3, 0.4) is 0 Å². The van der Waals surface area contributed by atoms with E-state index in [1.807, 2.05) is 41.8 Å². The number of para-hydroxylation sites is 1. The number of hydrogen-bond donors (Lipinski definition) is 4. The number of rotatable bonds is 10. The normalized spacial score (nSPS) is 18.7. The average Bonchev–Trinajstić information content (AvgIpc) is 3.94. The van der Waals surface area contributed by atoms with Crippen LogP contribution in [0.15, 0.2) is 66.0 Å². The van der Waals surface area contributed by atoms with E-state index in [0.29, 0.717) is 48.0 Å². The zero-order chi connectivity index (χ0) is 40.2. The van der Waals surface area contributed by atoms with E-state index >= 15 is 0 Å². The summed E-state index contributed by atoms with van der Waals surface area (Å²) in [6.07, 6.45) is 3.68. The van der Waals surface area contributed by atoms with Gasteiger partial charge in [-0.2, -0.15) is 0 Å². The molecule has 6 heterocycles. The Morgan fingerprint density at radius 1 is 0.842 bits per heavy atom. The molecular formula is C41H40N6O6S4. The fraction of sp³-hybridized carbons (Fsp3) is 0.317. The molecule has 0 radical (unpaired) electrons. The topological polar surface area (TPSA) is 157 Å². The number of piperidine rings is 2. The summed E-state index contributed by atoms with van der Waals surface area (Å²) in [5.41, 5.74) is 5.99. The standard InChI is InChI=1S/C22H22N2O3S2.C19H18N4O3S2/c1-13-2-4-14(5-3-13)10-15(28)6-8-19-16-11-24(22(27)17(16)12-29-19)18-7-9-20(25)23-21(18)26;24-15-7-6-14(17(25)22-15)23-10-11-8-13(28-16(11)18(23)26)9-20-19(27)21-12-4-2-1-3-5-12/h2-5,12,18H,6-11H2,1H3,(H,23,25,26);1-5,8,14H,6-7,9-10H2,(H2,20,21,27)(H,22,24,25). The number of thiocarbonyl (C=S) groups is 2. The Kier molecular flexibility index (Phi) is 12.3. The van der Waals surface area contributed by atoms with Crippen LogP contribution >= 0.6 is 47.1 Å². The Labute approximate surface area is 348 Å².